The first-order valence-corrected chi connectivity index (χ1v) is 9.15. The Balaban J connectivity index is 1.98. The van der Waals surface area contributed by atoms with Gasteiger partial charge in [-0.1, -0.05) is 23.4 Å². The molecule has 1 aliphatic carbocycles. The van der Waals surface area contributed by atoms with E-state index in [1.165, 1.54) is 0 Å². The third kappa shape index (κ3) is 1.84. The van der Waals surface area contributed by atoms with Gasteiger partial charge in [-0.15, -0.1) is 0 Å². The molecule has 2 aromatic rings. The molecular weight excluding hydrogens is 326 g/mol. The van der Waals surface area contributed by atoms with Crippen molar-refractivity contribution in [2.24, 2.45) is 22.7 Å². The maximum absolute atomic E-state index is 12.5. The first kappa shape index (κ1) is 15.4. The van der Waals surface area contributed by atoms with Crippen molar-refractivity contribution in [3.05, 3.63) is 36.0 Å². The molecule has 0 radical (unpaired) electrons. The van der Waals surface area contributed by atoms with Crippen LogP contribution in [0.2, 0.25) is 0 Å². The number of aromatic nitrogens is 1. The van der Waals surface area contributed by atoms with Crippen LogP contribution in [0.15, 0.2) is 35.5 Å². The third-order valence-electron chi connectivity index (χ3n) is 5.19. The highest BCUT2D eigenvalue weighted by Crippen LogP contribution is 2.64. The van der Waals surface area contributed by atoms with Crippen molar-refractivity contribution in [3.63, 3.8) is 0 Å². The molecule has 6 nitrogen and oxygen atoms in total. The van der Waals surface area contributed by atoms with Crippen LogP contribution in [0.4, 0.5) is 0 Å². The summed E-state index contributed by atoms with van der Waals surface area (Å²) in [7, 11) is 0. The van der Waals surface area contributed by atoms with Gasteiger partial charge < -0.3 is 20.2 Å². The van der Waals surface area contributed by atoms with Crippen LogP contribution in [0.1, 0.15) is 17.4 Å². The molecule has 0 spiro atoms. The number of amidine groups is 1. The van der Waals surface area contributed by atoms with Gasteiger partial charge in [0.25, 0.3) is 0 Å². The Morgan fingerprint density at radius 1 is 1.46 bits per heavy atom. The zero-order chi connectivity index (χ0) is 16.9. The van der Waals surface area contributed by atoms with E-state index in [0.29, 0.717) is 12.3 Å². The Morgan fingerprint density at radius 3 is 2.83 bits per heavy atom. The second-order valence-electron chi connectivity index (χ2n) is 6.21. The highest BCUT2D eigenvalue weighted by molar-refractivity contribution is 7.99. The molecule has 126 valence electrons. The van der Waals surface area contributed by atoms with Crippen LogP contribution in [0.5, 0.6) is 0 Å². The van der Waals surface area contributed by atoms with Crippen LogP contribution in [0, 0.1) is 11.8 Å². The Hall–Kier alpha value is -2.15. The van der Waals surface area contributed by atoms with Crippen molar-refractivity contribution < 1.29 is 14.7 Å². The van der Waals surface area contributed by atoms with Crippen LogP contribution < -0.4 is 5.73 Å². The molecular formula is C17H19N3O3S. The van der Waals surface area contributed by atoms with E-state index in [1.54, 1.807) is 6.92 Å². The average Bonchev–Trinajstić information content (AvgIpc) is 2.98. The Labute approximate surface area is 143 Å². The van der Waals surface area contributed by atoms with Crippen molar-refractivity contribution >= 4 is 34.5 Å². The van der Waals surface area contributed by atoms with Gasteiger partial charge >= 0.3 is 5.97 Å². The number of fused-ring (bicyclic) bond motifs is 2. The summed E-state index contributed by atoms with van der Waals surface area (Å²) in [6, 6.07) is 9.62. The number of oxime groups is 1. The number of benzene rings is 1. The summed E-state index contributed by atoms with van der Waals surface area (Å²) in [5, 5.41) is 13.7. The minimum Gasteiger partial charge on any atom is -0.461 e. The second kappa shape index (κ2) is 5.44. The van der Waals surface area contributed by atoms with E-state index in [9.17, 15) is 10.0 Å². The van der Waals surface area contributed by atoms with Crippen molar-refractivity contribution in [2.45, 2.75) is 12.5 Å². The molecule has 24 heavy (non-hydrogen) atoms. The standard InChI is InChI=1S/C17H19N3O3S/c1-2-23-15(21)14-7-10-5-3-4-6-13(10)20(14)17(16(18)19-22)11-8-24-9-12(11)17/h3-7,11-12,22H,2,8-9H2,1H3,(H2,18,19)/t11-,12+,17?. The zero-order valence-electron chi connectivity index (χ0n) is 13.3. The summed E-state index contributed by atoms with van der Waals surface area (Å²) in [5.41, 5.74) is 6.88. The second-order valence-corrected chi connectivity index (χ2v) is 7.28. The monoisotopic (exact) mass is 345 g/mol. The number of carbonyl (C=O) groups is 1. The van der Waals surface area contributed by atoms with E-state index < -0.39 is 5.54 Å². The van der Waals surface area contributed by atoms with Crippen LogP contribution in [-0.2, 0) is 10.3 Å². The molecule has 1 aromatic carbocycles. The highest BCUT2D eigenvalue weighted by atomic mass is 32.2. The maximum Gasteiger partial charge on any atom is 0.355 e. The quantitative estimate of drug-likeness (QED) is 0.292. The smallest absolute Gasteiger partial charge is 0.355 e. The Bertz CT molecular complexity index is 835. The van der Waals surface area contributed by atoms with Crippen LogP contribution >= 0.6 is 11.8 Å². The molecule has 1 saturated carbocycles. The number of para-hydroxylation sites is 1. The van der Waals surface area contributed by atoms with E-state index in [1.807, 2.05) is 46.7 Å². The van der Waals surface area contributed by atoms with Crippen LogP contribution in [0.3, 0.4) is 0 Å². The number of nitrogens with zero attached hydrogens (tertiary/aromatic N) is 2. The van der Waals surface area contributed by atoms with Crippen molar-refractivity contribution in [1.82, 2.24) is 4.57 Å². The van der Waals surface area contributed by atoms with Gasteiger partial charge in [-0.2, -0.15) is 11.8 Å². The number of carbonyl (C=O) groups excluding carboxylic acids is 1. The molecule has 2 fully saturated rings. The number of esters is 1. The molecule has 0 amide bonds. The van der Waals surface area contributed by atoms with Gasteiger partial charge in [0, 0.05) is 22.7 Å². The lowest BCUT2D eigenvalue weighted by molar-refractivity contribution is 0.0512. The van der Waals surface area contributed by atoms with Gasteiger partial charge in [0.15, 0.2) is 5.84 Å². The maximum atomic E-state index is 12.5. The number of thioether (sulfide) groups is 1. The molecule has 3 atom stereocenters. The van der Waals surface area contributed by atoms with E-state index >= 15 is 0 Å². The molecule has 3 N–H and O–H groups in total. The van der Waals surface area contributed by atoms with Crippen LogP contribution in [0.25, 0.3) is 10.9 Å². The molecule has 2 heterocycles. The number of nitrogens with two attached hydrogens (primary N) is 1. The van der Waals surface area contributed by atoms with E-state index in [-0.39, 0.29) is 23.6 Å². The number of hydrogen-bond acceptors (Lipinski definition) is 5. The van der Waals surface area contributed by atoms with Gasteiger partial charge in [0.2, 0.25) is 0 Å². The van der Waals surface area contributed by atoms with Gasteiger partial charge in [0.1, 0.15) is 11.2 Å². The summed E-state index contributed by atoms with van der Waals surface area (Å²) in [6.45, 7) is 2.09. The summed E-state index contributed by atoms with van der Waals surface area (Å²) in [5.74, 6) is 2.21. The summed E-state index contributed by atoms with van der Waals surface area (Å²) in [6.07, 6.45) is 0. The zero-order valence-corrected chi connectivity index (χ0v) is 14.1. The molecule has 1 saturated heterocycles. The first-order valence-electron chi connectivity index (χ1n) is 8.00. The lowest BCUT2D eigenvalue weighted by Crippen LogP contribution is -2.41. The topological polar surface area (TPSA) is 89.8 Å². The summed E-state index contributed by atoms with van der Waals surface area (Å²) >= 11 is 1.87. The fraction of sp³-hybridized carbons (Fsp3) is 0.412. The van der Waals surface area contributed by atoms with Crippen LogP contribution in [-0.4, -0.2) is 39.7 Å². The lowest BCUT2D eigenvalue weighted by Gasteiger charge is -2.25. The molecule has 2 aliphatic rings. The fourth-order valence-corrected chi connectivity index (χ4v) is 5.76. The Kier molecular flexibility index (Phi) is 3.49. The largest absolute Gasteiger partial charge is 0.461 e. The normalized spacial score (nSPS) is 28.8. The number of rotatable bonds is 4. The lowest BCUT2D eigenvalue weighted by atomic mass is 10.1. The van der Waals surface area contributed by atoms with Gasteiger partial charge in [-0.25, -0.2) is 4.79 Å². The summed E-state index contributed by atoms with van der Waals surface area (Å²) < 4.78 is 7.20. The molecule has 1 unspecified atom stereocenters. The minimum atomic E-state index is -0.634. The first-order chi connectivity index (χ1) is 11.7. The predicted octanol–water partition coefficient (Wildman–Crippen LogP) is 2.25. The van der Waals surface area contributed by atoms with Gasteiger partial charge in [-0.3, -0.25) is 0 Å². The SMILES string of the molecule is CCOC(=O)c1cc2ccccc2n1C1(C(N)=NO)[C@@H]2CSC[C@@H]21. The number of ether oxygens (including phenoxy) is 1. The van der Waals surface area contributed by atoms with Crippen molar-refractivity contribution in [3.8, 4) is 0 Å². The Morgan fingerprint density at radius 2 is 2.17 bits per heavy atom. The van der Waals surface area contributed by atoms with Crippen molar-refractivity contribution in [1.29, 1.82) is 0 Å². The molecule has 0 bridgehead atoms. The highest BCUT2D eigenvalue weighted by Gasteiger charge is 2.71. The molecule has 1 aliphatic heterocycles. The average molecular weight is 345 g/mol. The minimum absolute atomic E-state index is 0.171. The molecule has 7 heteroatoms. The van der Waals surface area contributed by atoms with E-state index in [2.05, 4.69) is 5.16 Å². The van der Waals surface area contributed by atoms with E-state index in [4.69, 9.17) is 10.5 Å². The fourth-order valence-electron chi connectivity index (χ4n) is 4.14. The van der Waals surface area contributed by atoms with Gasteiger partial charge in [-0.05, 0) is 30.6 Å². The predicted molar refractivity (Wildman–Crippen MR) is 93.6 cm³/mol. The summed E-state index contributed by atoms with van der Waals surface area (Å²) in [4.78, 5) is 12.5. The molecule has 1 aromatic heterocycles. The van der Waals surface area contributed by atoms with Crippen molar-refractivity contribution in [2.75, 3.05) is 18.1 Å². The van der Waals surface area contributed by atoms with Gasteiger partial charge in [0.05, 0.1) is 6.61 Å². The third-order valence-corrected chi connectivity index (χ3v) is 6.38. The number of hydrogen-bond donors (Lipinski definition) is 2. The molecule has 4 rings (SSSR count). The van der Waals surface area contributed by atoms with E-state index in [0.717, 1.165) is 22.4 Å².